The topological polar surface area (TPSA) is 46.2 Å². The van der Waals surface area contributed by atoms with E-state index in [1.165, 1.54) is 0 Å². The van der Waals surface area contributed by atoms with Gasteiger partial charge in [-0.3, -0.25) is 4.72 Å². The summed E-state index contributed by atoms with van der Waals surface area (Å²) in [6, 6.07) is 3.37. The maximum Gasteiger partial charge on any atom is 0.232 e. The molecule has 0 bridgehead atoms. The fourth-order valence-corrected chi connectivity index (χ4v) is 3.56. The van der Waals surface area contributed by atoms with E-state index in [2.05, 4.69) is 20.7 Å². The highest BCUT2D eigenvalue weighted by atomic mass is 79.9. The molecule has 3 nitrogen and oxygen atoms in total. The van der Waals surface area contributed by atoms with Crippen LogP contribution in [0.3, 0.4) is 0 Å². The van der Waals surface area contributed by atoms with Crippen LogP contribution in [0.5, 0.6) is 0 Å². The summed E-state index contributed by atoms with van der Waals surface area (Å²) in [4.78, 5) is 0. The van der Waals surface area contributed by atoms with E-state index in [0.29, 0.717) is 33.9 Å². The summed E-state index contributed by atoms with van der Waals surface area (Å²) >= 11 is 14.8. The number of anilines is 1. The molecule has 0 aliphatic heterocycles. The van der Waals surface area contributed by atoms with Crippen LogP contribution in [0.15, 0.2) is 16.6 Å². The lowest BCUT2D eigenvalue weighted by Gasteiger charge is -2.11. The zero-order chi connectivity index (χ0) is 13.8. The van der Waals surface area contributed by atoms with Gasteiger partial charge in [-0.15, -0.1) is 11.6 Å². The molecule has 0 aliphatic carbocycles. The van der Waals surface area contributed by atoms with Crippen LogP contribution in [0, 0.1) is 6.92 Å². The van der Waals surface area contributed by atoms with Gasteiger partial charge in [0, 0.05) is 15.4 Å². The van der Waals surface area contributed by atoms with Gasteiger partial charge in [0.25, 0.3) is 0 Å². The smallest absolute Gasteiger partial charge is 0.232 e. The third-order valence-electron chi connectivity index (χ3n) is 2.31. The van der Waals surface area contributed by atoms with Gasteiger partial charge in [0.15, 0.2) is 0 Å². The number of hydrogen-bond donors (Lipinski definition) is 1. The molecule has 0 saturated carbocycles. The Morgan fingerprint density at radius 2 is 2.00 bits per heavy atom. The monoisotopic (exact) mass is 373 g/mol. The number of sulfonamides is 1. The first-order valence-corrected chi connectivity index (χ1v) is 8.73. The van der Waals surface area contributed by atoms with Crippen LogP contribution in [-0.4, -0.2) is 20.1 Å². The Labute approximate surface area is 126 Å². The summed E-state index contributed by atoms with van der Waals surface area (Å²) in [6.45, 7) is 1.85. The van der Waals surface area contributed by atoms with Crippen LogP contribution < -0.4 is 4.72 Å². The van der Waals surface area contributed by atoms with Gasteiger partial charge in [-0.05, 0) is 53.4 Å². The van der Waals surface area contributed by atoms with Crippen LogP contribution in [-0.2, 0) is 10.0 Å². The summed E-state index contributed by atoms with van der Waals surface area (Å²) in [7, 11) is -3.36. The van der Waals surface area contributed by atoms with Crippen molar-refractivity contribution in [1.29, 1.82) is 0 Å². The van der Waals surface area contributed by atoms with Gasteiger partial charge in [-0.25, -0.2) is 8.42 Å². The second kappa shape index (κ2) is 6.98. The Morgan fingerprint density at radius 1 is 1.33 bits per heavy atom. The predicted octanol–water partition coefficient (Wildman–Crippen LogP) is 4.17. The Morgan fingerprint density at radius 3 is 2.61 bits per heavy atom. The number of rotatable bonds is 6. The zero-order valence-electron chi connectivity index (χ0n) is 9.84. The highest BCUT2D eigenvalue weighted by Crippen LogP contribution is 2.29. The molecule has 0 aromatic heterocycles. The zero-order valence-corrected chi connectivity index (χ0v) is 13.8. The molecule has 0 atom stereocenters. The van der Waals surface area contributed by atoms with Crippen LogP contribution in [0.25, 0.3) is 0 Å². The molecule has 102 valence electrons. The molecule has 0 fully saturated rings. The second-order valence-corrected chi connectivity index (χ2v) is 7.38. The normalized spacial score (nSPS) is 11.6. The third kappa shape index (κ3) is 4.96. The quantitative estimate of drug-likeness (QED) is 0.599. The number of hydrogen-bond acceptors (Lipinski definition) is 2. The summed E-state index contributed by atoms with van der Waals surface area (Å²) < 4.78 is 26.8. The Hall–Kier alpha value is 0.0300. The first-order valence-electron chi connectivity index (χ1n) is 5.38. The fraction of sp³-hybridized carbons (Fsp3) is 0.455. The highest BCUT2D eigenvalue weighted by molar-refractivity contribution is 9.10. The van der Waals surface area contributed by atoms with E-state index in [0.717, 1.165) is 5.56 Å². The van der Waals surface area contributed by atoms with E-state index in [4.69, 9.17) is 23.2 Å². The fourth-order valence-electron chi connectivity index (χ4n) is 1.33. The van der Waals surface area contributed by atoms with Gasteiger partial charge >= 0.3 is 0 Å². The van der Waals surface area contributed by atoms with E-state index >= 15 is 0 Å². The maximum absolute atomic E-state index is 11.8. The Kier molecular flexibility index (Phi) is 6.24. The SMILES string of the molecule is Cc1cc(Br)c(NS(=O)(=O)CCCCCl)cc1Cl. The Balaban J connectivity index is 2.81. The van der Waals surface area contributed by atoms with Crippen molar-refractivity contribution in [2.75, 3.05) is 16.4 Å². The van der Waals surface area contributed by atoms with E-state index in [9.17, 15) is 8.42 Å². The molecule has 7 heteroatoms. The van der Waals surface area contributed by atoms with Crippen LogP contribution in [0.1, 0.15) is 18.4 Å². The van der Waals surface area contributed by atoms with Gasteiger partial charge in [0.05, 0.1) is 11.4 Å². The standard InChI is InChI=1S/C11H14BrCl2NO2S/c1-8-6-9(12)11(7-10(8)14)15-18(16,17)5-3-2-4-13/h6-7,15H,2-5H2,1H3. The first-order chi connectivity index (χ1) is 8.35. The van der Waals surface area contributed by atoms with Crippen molar-refractivity contribution in [2.45, 2.75) is 19.8 Å². The highest BCUT2D eigenvalue weighted by Gasteiger charge is 2.13. The molecule has 0 heterocycles. The number of aryl methyl sites for hydroxylation is 1. The van der Waals surface area contributed by atoms with E-state index in [1.807, 2.05) is 6.92 Å². The molecule has 0 aliphatic rings. The third-order valence-corrected chi connectivity index (χ3v) is 5.00. The molecule has 1 N–H and O–H groups in total. The molecular weight excluding hydrogens is 361 g/mol. The molecule has 0 spiro atoms. The molecule has 0 amide bonds. The molecular formula is C11H14BrCl2NO2S. The maximum atomic E-state index is 11.8. The van der Waals surface area contributed by atoms with E-state index in [-0.39, 0.29) is 5.75 Å². The summed E-state index contributed by atoms with van der Waals surface area (Å²) in [5.74, 6) is 0.521. The number of benzene rings is 1. The van der Waals surface area contributed by atoms with Crippen molar-refractivity contribution in [2.24, 2.45) is 0 Å². The van der Waals surface area contributed by atoms with Crippen LogP contribution >= 0.6 is 39.1 Å². The molecule has 0 saturated heterocycles. The van der Waals surface area contributed by atoms with Crippen molar-refractivity contribution < 1.29 is 8.42 Å². The molecule has 0 unspecified atom stereocenters. The molecule has 18 heavy (non-hydrogen) atoms. The van der Waals surface area contributed by atoms with Gasteiger partial charge < -0.3 is 0 Å². The average molecular weight is 375 g/mol. The van der Waals surface area contributed by atoms with E-state index in [1.54, 1.807) is 12.1 Å². The lowest BCUT2D eigenvalue weighted by atomic mass is 10.2. The minimum atomic E-state index is -3.36. The lowest BCUT2D eigenvalue weighted by molar-refractivity contribution is 0.598. The summed E-state index contributed by atoms with van der Waals surface area (Å²) in [5.41, 5.74) is 1.34. The van der Waals surface area contributed by atoms with Gasteiger partial charge in [0.1, 0.15) is 0 Å². The van der Waals surface area contributed by atoms with Crippen molar-refractivity contribution >= 4 is 54.8 Å². The molecule has 1 aromatic carbocycles. The van der Waals surface area contributed by atoms with Crippen molar-refractivity contribution in [3.05, 3.63) is 27.2 Å². The molecule has 0 radical (unpaired) electrons. The van der Waals surface area contributed by atoms with Crippen LogP contribution in [0.4, 0.5) is 5.69 Å². The molecule has 1 aromatic rings. The number of unbranched alkanes of at least 4 members (excludes halogenated alkanes) is 1. The van der Waals surface area contributed by atoms with Crippen molar-refractivity contribution in [3.63, 3.8) is 0 Å². The second-order valence-electron chi connectivity index (χ2n) is 3.90. The van der Waals surface area contributed by atoms with E-state index < -0.39 is 10.0 Å². The average Bonchev–Trinajstić information content (AvgIpc) is 2.26. The molecule has 1 rings (SSSR count). The summed E-state index contributed by atoms with van der Waals surface area (Å²) in [6.07, 6.45) is 1.22. The summed E-state index contributed by atoms with van der Waals surface area (Å²) in [5, 5.41) is 0.525. The Bertz CT molecular complexity index is 520. The minimum absolute atomic E-state index is 0.0532. The predicted molar refractivity (Wildman–Crippen MR) is 81.3 cm³/mol. The van der Waals surface area contributed by atoms with Crippen molar-refractivity contribution in [3.8, 4) is 0 Å². The van der Waals surface area contributed by atoms with Gasteiger partial charge in [0.2, 0.25) is 10.0 Å². The lowest BCUT2D eigenvalue weighted by Crippen LogP contribution is -2.17. The largest absolute Gasteiger partial charge is 0.282 e. The van der Waals surface area contributed by atoms with Crippen molar-refractivity contribution in [1.82, 2.24) is 0 Å². The first kappa shape index (κ1) is 16.1. The minimum Gasteiger partial charge on any atom is -0.282 e. The number of nitrogens with one attached hydrogen (secondary N) is 1. The number of halogens is 3. The van der Waals surface area contributed by atoms with Crippen LogP contribution in [0.2, 0.25) is 5.02 Å². The van der Waals surface area contributed by atoms with Gasteiger partial charge in [-0.1, -0.05) is 11.6 Å². The van der Waals surface area contributed by atoms with Gasteiger partial charge in [-0.2, -0.15) is 0 Å². The number of alkyl halides is 1.